The van der Waals surface area contributed by atoms with Crippen molar-refractivity contribution in [3.63, 3.8) is 0 Å². The molecule has 0 radical (unpaired) electrons. The molecule has 0 aliphatic heterocycles. The van der Waals surface area contributed by atoms with E-state index >= 15 is 0 Å². The number of rotatable bonds is 6. The molecule has 0 fully saturated rings. The predicted molar refractivity (Wildman–Crippen MR) is 105 cm³/mol. The maximum absolute atomic E-state index is 13.1. The van der Waals surface area contributed by atoms with E-state index in [0.717, 1.165) is 12.8 Å². The number of benzene rings is 1. The highest BCUT2D eigenvalue weighted by Gasteiger charge is 2.33. The van der Waals surface area contributed by atoms with Crippen LogP contribution in [0.3, 0.4) is 0 Å². The largest absolute Gasteiger partial charge is 0.469 e. The van der Waals surface area contributed by atoms with E-state index in [1.165, 1.54) is 18.2 Å². The van der Waals surface area contributed by atoms with Crippen LogP contribution < -0.4 is 5.32 Å². The summed E-state index contributed by atoms with van der Waals surface area (Å²) in [6.45, 7) is 5.25. The minimum atomic E-state index is -0.859. The molecule has 0 spiro atoms. The maximum Gasteiger partial charge on any atom is 0.408 e. The molecule has 1 aromatic rings. The van der Waals surface area contributed by atoms with Gasteiger partial charge in [-0.15, -0.1) is 0 Å². The van der Waals surface area contributed by atoms with Gasteiger partial charge in [0.25, 0.3) is 0 Å². The van der Waals surface area contributed by atoms with Crippen LogP contribution in [0.15, 0.2) is 24.3 Å². The Morgan fingerprint density at radius 3 is 2.25 bits per heavy atom. The maximum atomic E-state index is 13.1. The molecule has 1 atom stereocenters. The SMILES string of the molecule is COC(=O)CC[C@@H](NC(=O)OC(C)(C)C)C(=O)N(C)C1Cc2ccccc2C1. The van der Waals surface area contributed by atoms with Gasteiger partial charge in [-0.3, -0.25) is 9.59 Å². The summed E-state index contributed by atoms with van der Waals surface area (Å²) in [5.74, 6) is -0.674. The van der Waals surface area contributed by atoms with E-state index in [0.29, 0.717) is 0 Å². The van der Waals surface area contributed by atoms with Gasteiger partial charge in [-0.1, -0.05) is 24.3 Å². The third-order valence-corrected chi connectivity index (χ3v) is 4.78. The van der Waals surface area contributed by atoms with Gasteiger partial charge in [0.05, 0.1) is 7.11 Å². The summed E-state index contributed by atoms with van der Waals surface area (Å²) in [6.07, 6.45) is 1.04. The number of esters is 1. The van der Waals surface area contributed by atoms with Gasteiger partial charge < -0.3 is 19.7 Å². The third-order valence-electron chi connectivity index (χ3n) is 4.78. The van der Waals surface area contributed by atoms with Crippen molar-refractivity contribution >= 4 is 18.0 Å². The van der Waals surface area contributed by atoms with Crippen molar-refractivity contribution < 1.29 is 23.9 Å². The van der Waals surface area contributed by atoms with E-state index < -0.39 is 23.7 Å². The van der Waals surface area contributed by atoms with Gasteiger partial charge in [0.1, 0.15) is 11.6 Å². The van der Waals surface area contributed by atoms with E-state index in [-0.39, 0.29) is 24.8 Å². The number of hydrogen-bond acceptors (Lipinski definition) is 5. The summed E-state index contributed by atoms with van der Waals surface area (Å²) in [6, 6.07) is 7.29. The molecular weight excluding hydrogens is 360 g/mol. The molecule has 0 unspecified atom stereocenters. The minimum absolute atomic E-state index is 0.0194. The Balaban J connectivity index is 2.06. The van der Waals surface area contributed by atoms with Crippen molar-refractivity contribution in [2.45, 2.75) is 64.1 Å². The molecule has 154 valence electrons. The monoisotopic (exact) mass is 390 g/mol. The molecule has 2 amide bonds. The van der Waals surface area contributed by atoms with E-state index in [4.69, 9.17) is 4.74 Å². The van der Waals surface area contributed by atoms with E-state index in [9.17, 15) is 14.4 Å². The van der Waals surface area contributed by atoms with Gasteiger partial charge >= 0.3 is 12.1 Å². The first kappa shape index (κ1) is 21.7. The number of ether oxygens (including phenoxy) is 2. The van der Waals surface area contributed by atoms with Crippen LogP contribution in [0.2, 0.25) is 0 Å². The highest BCUT2D eigenvalue weighted by Crippen LogP contribution is 2.25. The van der Waals surface area contributed by atoms with Crippen molar-refractivity contribution in [1.29, 1.82) is 0 Å². The second kappa shape index (κ2) is 9.08. The third kappa shape index (κ3) is 5.97. The van der Waals surface area contributed by atoms with Crippen molar-refractivity contribution in [2.75, 3.05) is 14.2 Å². The van der Waals surface area contributed by atoms with E-state index in [2.05, 4.69) is 22.2 Å². The zero-order valence-electron chi connectivity index (χ0n) is 17.3. The smallest absolute Gasteiger partial charge is 0.408 e. The molecule has 7 nitrogen and oxygen atoms in total. The number of nitrogens with one attached hydrogen (secondary N) is 1. The number of methoxy groups -OCH3 is 1. The summed E-state index contributed by atoms with van der Waals surface area (Å²) >= 11 is 0. The summed E-state index contributed by atoms with van der Waals surface area (Å²) in [4.78, 5) is 38.5. The Morgan fingerprint density at radius 1 is 1.18 bits per heavy atom. The zero-order valence-corrected chi connectivity index (χ0v) is 17.3. The fourth-order valence-electron chi connectivity index (χ4n) is 3.31. The molecule has 28 heavy (non-hydrogen) atoms. The molecule has 7 heteroatoms. The van der Waals surface area contributed by atoms with Crippen LogP contribution in [-0.4, -0.2) is 54.7 Å². The minimum Gasteiger partial charge on any atom is -0.469 e. The average molecular weight is 390 g/mol. The number of carbonyl (C=O) groups excluding carboxylic acids is 3. The van der Waals surface area contributed by atoms with Gasteiger partial charge in [0, 0.05) is 19.5 Å². The fraction of sp³-hybridized carbons (Fsp3) is 0.571. The van der Waals surface area contributed by atoms with E-state index in [1.807, 2.05) is 12.1 Å². The Hall–Kier alpha value is -2.57. The Kier molecular flexibility index (Phi) is 7.05. The summed E-state index contributed by atoms with van der Waals surface area (Å²) in [7, 11) is 3.03. The quantitative estimate of drug-likeness (QED) is 0.754. The lowest BCUT2D eigenvalue weighted by Gasteiger charge is -2.30. The number of alkyl carbamates (subject to hydrolysis) is 1. The fourth-order valence-corrected chi connectivity index (χ4v) is 3.31. The Bertz CT molecular complexity index is 701. The Labute approximate surface area is 166 Å². The van der Waals surface area contributed by atoms with Crippen molar-refractivity contribution in [2.24, 2.45) is 0 Å². The van der Waals surface area contributed by atoms with Crippen LogP contribution in [0.1, 0.15) is 44.7 Å². The van der Waals surface area contributed by atoms with Crippen LogP contribution in [0.4, 0.5) is 4.79 Å². The van der Waals surface area contributed by atoms with Gasteiger partial charge in [-0.2, -0.15) is 0 Å². The Morgan fingerprint density at radius 2 is 1.75 bits per heavy atom. The molecule has 1 aliphatic rings. The molecule has 1 aliphatic carbocycles. The molecule has 1 N–H and O–H groups in total. The number of hydrogen-bond donors (Lipinski definition) is 1. The van der Waals surface area contributed by atoms with Gasteiger partial charge in [-0.05, 0) is 51.2 Å². The van der Waals surface area contributed by atoms with Crippen molar-refractivity contribution in [3.05, 3.63) is 35.4 Å². The molecule has 0 bridgehead atoms. The van der Waals surface area contributed by atoms with E-state index in [1.54, 1.807) is 32.7 Å². The molecule has 0 heterocycles. The number of carbonyl (C=O) groups is 3. The molecule has 0 aromatic heterocycles. The topological polar surface area (TPSA) is 84.9 Å². The lowest BCUT2D eigenvalue weighted by Crippen LogP contribution is -2.51. The van der Waals surface area contributed by atoms with Crippen LogP contribution >= 0.6 is 0 Å². The van der Waals surface area contributed by atoms with Crippen molar-refractivity contribution in [1.82, 2.24) is 10.2 Å². The second-order valence-corrected chi connectivity index (χ2v) is 8.09. The van der Waals surface area contributed by atoms with Gasteiger partial charge in [0.2, 0.25) is 5.91 Å². The highest BCUT2D eigenvalue weighted by molar-refractivity contribution is 5.86. The first-order valence-electron chi connectivity index (χ1n) is 9.50. The summed E-state index contributed by atoms with van der Waals surface area (Å²) in [5.41, 5.74) is 1.79. The standard InChI is InChI=1S/C21H30N2O5/c1-21(2,3)28-20(26)22-17(10-11-18(24)27-5)19(25)23(4)16-12-14-8-6-7-9-15(14)13-16/h6-9,16-17H,10-13H2,1-5H3,(H,22,26)/t17-/m1/s1. The lowest BCUT2D eigenvalue weighted by atomic mass is 10.1. The predicted octanol–water partition coefficient (Wildman–Crippen LogP) is 2.46. The number of amides is 2. The molecular formula is C21H30N2O5. The summed E-state index contributed by atoms with van der Waals surface area (Å²) < 4.78 is 9.93. The normalized spacial score (nSPS) is 14.8. The molecule has 0 saturated carbocycles. The van der Waals surface area contributed by atoms with Crippen LogP contribution in [0, 0.1) is 0 Å². The molecule has 1 aromatic carbocycles. The zero-order chi connectivity index (χ0) is 20.9. The van der Waals surface area contributed by atoms with Crippen LogP contribution in [-0.2, 0) is 31.9 Å². The van der Waals surface area contributed by atoms with Crippen LogP contribution in [0.25, 0.3) is 0 Å². The highest BCUT2D eigenvalue weighted by atomic mass is 16.6. The molecule has 2 rings (SSSR count). The number of fused-ring (bicyclic) bond motifs is 1. The lowest BCUT2D eigenvalue weighted by molar-refractivity contribution is -0.141. The average Bonchev–Trinajstić information content (AvgIpc) is 3.06. The first-order valence-corrected chi connectivity index (χ1v) is 9.50. The van der Waals surface area contributed by atoms with Gasteiger partial charge in [0.15, 0.2) is 0 Å². The first-order chi connectivity index (χ1) is 13.1. The van der Waals surface area contributed by atoms with Crippen LogP contribution in [0.5, 0.6) is 0 Å². The van der Waals surface area contributed by atoms with Gasteiger partial charge in [-0.25, -0.2) is 4.79 Å². The number of likely N-dealkylation sites (N-methyl/N-ethyl adjacent to an activating group) is 1. The van der Waals surface area contributed by atoms with Crippen molar-refractivity contribution in [3.8, 4) is 0 Å². The molecule has 0 saturated heterocycles. The summed E-state index contributed by atoms with van der Waals surface area (Å²) in [5, 5.41) is 2.62. The number of nitrogens with zero attached hydrogens (tertiary/aromatic N) is 1. The second-order valence-electron chi connectivity index (χ2n) is 8.09.